The number of rotatable bonds is 4. The topological polar surface area (TPSA) is 46.3 Å². The molecule has 0 saturated heterocycles. The van der Waals surface area contributed by atoms with Crippen LogP contribution < -0.4 is 5.73 Å². The van der Waals surface area contributed by atoms with Crippen LogP contribution in [-0.2, 0) is 6.54 Å². The van der Waals surface area contributed by atoms with Crippen LogP contribution in [0.3, 0.4) is 0 Å². The summed E-state index contributed by atoms with van der Waals surface area (Å²) >= 11 is 3.45. The highest BCUT2D eigenvalue weighted by molar-refractivity contribution is 9.10. The average molecular weight is 345 g/mol. The zero-order chi connectivity index (χ0) is 14.8. The van der Waals surface area contributed by atoms with Gasteiger partial charge in [0.05, 0.1) is 5.56 Å². The van der Waals surface area contributed by atoms with Crippen molar-refractivity contribution in [2.75, 3.05) is 5.73 Å². The van der Waals surface area contributed by atoms with E-state index in [2.05, 4.69) is 28.1 Å². The monoisotopic (exact) mass is 344 g/mol. The van der Waals surface area contributed by atoms with Gasteiger partial charge < -0.3 is 10.6 Å². The lowest BCUT2D eigenvalue weighted by molar-refractivity contribution is 0.0729. The van der Waals surface area contributed by atoms with Gasteiger partial charge in [0, 0.05) is 22.7 Å². The van der Waals surface area contributed by atoms with Crippen LogP contribution in [0.4, 0.5) is 5.69 Å². The SMILES string of the molecule is Nc1ccc(Br)c(C(=O)N(Cc2ccccc2)C2CC2)c1. The van der Waals surface area contributed by atoms with Crippen molar-refractivity contribution in [3.05, 3.63) is 64.1 Å². The Morgan fingerprint density at radius 1 is 1.19 bits per heavy atom. The summed E-state index contributed by atoms with van der Waals surface area (Å²) in [6, 6.07) is 15.8. The maximum absolute atomic E-state index is 12.8. The normalized spacial score (nSPS) is 14.0. The molecule has 0 aromatic heterocycles. The molecule has 1 aliphatic rings. The molecule has 0 radical (unpaired) electrons. The van der Waals surface area contributed by atoms with Gasteiger partial charge in [-0.25, -0.2) is 0 Å². The van der Waals surface area contributed by atoms with Gasteiger partial charge in [-0.05, 0) is 52.5 Å². The Bertz CT molecular complexity index is 653. The Balaban J connectivity index is 1.87. The van der Waals surface area contributed by atoms with Gasteiger partial charge in [0.25, 0.3) is 5.91 Å². The Morgan fingerprint density at radius 3 is 2.57 bits per heavy atom. The van der Waals surface area contributed by atoms with Crippen molar-refractivity contribution < 1.29 is 4.79 Å². The van der Waals surface area contributed by atoms with E-state index >= 15 is 0 Å². The summed E-state index contributed by atoms with van der Waals surface area (Å²) in [7, 11) is 0. The van der Waals surface area contributed by atoms with E-state index < -0.39 is 0 Å². The van der Waals surface area contributed by atoms with E-state index in [0.29, 0.717) is 23.8 Å². The Morgan fingerprint density at radius 2 is 1.90 bits per heavy atom. The molecular formula is C17H17BrN2O. The molecule has 0 aliphatic heterocycles. The first-order valence-electron chi connectivity index (χ1n) is 7.05. The summed E-state index contributed by atoms with van der Waals surface area (Å²) in [6.07, 6.45) is 2.16. The molecule has 0 unspecified atom stereocenters. The van der Waals surface area contributed by atoms with Crippen molar-refractivity contribution in [2.24, 2.45) is 0 Å². The van der Waals surface area contributed by atoms with Crippen LogP contribution in [0, 0.1) is 0 Å². The summed E-state index contributed by atoms with van der Waals surface area (Å²) in [5.41, 5.74) is 8.21. The molecule has 108 valence electrons. The Labute approximate surface area is 132 Å². The molecule has 21 heavy (non-hydrogen) atoms. The van der Waals surface area contributed by atoms with Crippen molar-refractivity contribution in [1.29, 1.82) is 0 Å². The molecule has 2 N–H and O–H groups in total. The van der Waals surface area contributed by atoms with E-state index in [1.165, 1.54) is 0 Å². The summed E-state index contributed by atoms with van der Waals surface area (Å²) in [5, 5.41) is 0. The molecule has 2 aromatic rings. The molecular weight excluding hydrogens is 328 g/mol. The predicted octanol–water partition coefficient (Wildman–Crippen LogP) is 3.84. The number of nitrogens with two attached hydrogens (primary N) is 1. The third-order valence-corrected chi connectivity index (χ3v) is 4.36. The molecule has 0 heterocycles. The molecule has 0 bridgehead atoms. The number of hydrogen-bond donors (Lipinski definition) is 1. The molecule has 1 aliphatic carbocycles. The van der Waals surface area contributed by atoms with Crippen molar-refractivity contribution in [2.45, 2.75) is 25.4 Å². The van der Waals surface area contributed by atoms with E-state index in [1.54, 1.807) is 12.1 Å². The maximum Gasteiger partial charge on any atom is 0.255 e. The van der Waals surface area contributed by atoms with Crippen LogP contribution >= 0.6 is 15.9 Å². The zero-order valence-corrected chi connectivity index (χ0v) is 13.2. The number of amides is 1. The molecule has 1 saturated carbocycles. The van der Waals surface area contributed by atoms with Gasteiger partial charge >= 0.3 is 0 Å². The summed E-state index contributed by atoms with van der Waals surface area (Å²) in [4.78, 5) is 14.8. The molecule has 0 spiro atoms. The number of nitrogen functional groups attached to an aromatic ring is 1. The van der Waals surface area contributed by atoms with E-state index in [4.69, 9.17) is 5.73 Å². The van der Waals surface area contributed by atoms with Gasteiger partial charge in [0.1, 0.15) is 0 Å². The molecule has 3 rings (SSSR count). The first kappa shape index (κ1) is 14.1. The van der Waals surface area contributed by atoms with Crippen LogP contribution in [0.1, 0.15) is 28.8 Å². The minimum atomic E-state index is 0.0422. The first-order valence-corrected chi connectivity index (χ1v) is 7.84. The Hall–Kier alpha value is -1.81. The Kier molecular flexibility index (Phi) is 3.97. The highest BCUT2D eigenvalue weighted by Gasteiger charge is 2.33. The van der Waals surface area contributed by atoms with E-state index in [9.17, 15) is 4.79 Å². The number of nitrogens with zero attached hydrogens (tertiary/aromatic N) is 1. The highest BCUT2D eigenvalue weighted by atomic mass is 79.9. The largest absolute Gasteiger partial charge is 0.399 e. The average Bonchev–Trinajstić information content (AvgIpc) is 3.32. The smallest absolute Gasteiger partial charge is 0.255 e. The zero-order valence-electron chi connectivity index (χ0n) is 11.6. The second kappa shape index (κ2) is 5.90. The molecule has 0 atom stereocenters. The van der Waals surface area contributed by atoms with Gasteiger partial charge in [0.15, 0.2) is 0 Å². The number of benzene rings is 2. The molecule has 2 aromatic carbocycles. The summed E-state index contributed by atoms with van der Waals surface area (Å²) in [6.45, 7) is 0.644. The van der Waals surface area contributed by atoms with Crippen molar-refractivity contribution >= 4 is 27.5 Å². The van der Waals surface area contributed by atoms with E-state index in [-0.39, 0.29) is 5.91 Å². The van der Waals surface area contributed by atoms with Crippen molar-refractivity contribution in [3.63, 3.8) is 0 Å². The molecule has 1 amide bonds. The van der Waals surface area contributed by atoms with Crippen LogP contribution in [0.2, 0.25) is 0 Å². The maximum atomic E-state index is 12.8. The van der Waals surface area contributed by atoms with Gasteiger partial charge in [-0.1, -0.05) is 30.3 Å². The van der Waals surface area contributed by atoms with Gasteiger partial charge in [-0.3, -0.25) is 4.79 Å². The third-order valence-electron chi connectivity index (χ3n) is 3.67. The molecule has 3 nitrogen and oxygen atoms in total. The van der Waals surface area contributed by atoms with Crippen LogP contribution in [0.25, 0.3) is 0 Å². The van der Waals surface area contributed by atoms with Gasteiger partial charge in [-0.2, -0.15) is 0 Å². The second-order valence-electron chi connectivity index (χ2n) is 5.39. The standard InChI is InChI=1S/C17H17BrN2O/c18-16-9-6-13(19)10-15(16)17(21)20(14-7-8-14)11-12-4-2-1-3-5-12/h1-6,9-10,14H,7-8,11,19H2. The van der Waals surface area contributed by atoms with Crippen molar-refractivity contribution in [1.82, 2.24) is 4.90 Å². The fraction of sp³-hybridized carbons (Fsp3) is 0.235. The fourth-order valence-corrected chi connectivity index (χ4v) is 2.81. The second-order valence-corrected chi connectivity index (χ2v) is 6.24. The van der Waals surface area contributed by atoms with Crippen LogP contribution in [-0.4, -0.2) is 16.8 Å². The lowest BCUT2D eigenvalue weighted by atomic mass is 10.1. The van der Waals surface area contributed by atoms with Gasteiger partial charge in [0.2, 0.25) is 0 Å². The predicted molar refractivity (Wildman–Crippen MR) is 87.9 cm³/mol. The van der Waals surface area contributed by atoms with Crippen LogP contribution in [0.15, 0.2) is 53.0 Å². The summed E-state index contributed by atoms with van der Waals surface area (Å²) < 4.78 is 0.792. The number of carbonyl (C=O) groups is 1. The molecule has 4 heteroatoms. The number of hydrogen-bond acceptors (Lipinski definition) is 2. The highest BCUT2D eigenvalue weighted by Crippen LogP contribution is 2.31. The lowest BCUT2D eigenvalue weighted by Gasteiger charge is -2.23. The van der Waals surface area contributed by atoms with E-state index in [1.807, 2.05) is 29.2 Å². The minimum Gasteiger partial charge on any atom is -0.399 e. The number of anilines is 1. The quantitative estimate of drug-likeness (QED) is 0.856. The van der Waals surface area contributed by atoms with Crippen molar-refractivity contribution in [3.8, 4) is 0 Å². The third kappa shape index (κ3) is 3.27. The first-order chi connectivity index (χ1) is 10.1. The number of carbonyl (C=O) groups excluding carboxylic acids is 1. The van der Waals surface area contributed by atoms with Gasteiger partial charge in [-0.15, -0.1) is 0 Å². The minimum absolute atomic E-state index is 0.0422. The molecule has 1 fully saturated rings. The fourth-order valence-electron chi connectivity index (χ4n) is 2.39. The summed E-state index contributed by atoms with van der Waals surface area (Å²) in [5.74, 6) is 0.0422. The lowest BCUT2D eigenvalue weighted by Crippen LogP contribution is -2.32. The van der Waals surface area contributed by atoms with Crippen LogP contribution in [0.5, 0.6) is 0 Å². The van der Waals surface area contributed by atoms with E-state index in [0.717, 1.165) is 22.9 Å². The number of halogens is 1.